The van der Waals surface area contributed by atoms with Gasteiger partial charge in [-0.25, -0.2) is 0 Å². The summed E-state index contributed by atoms with van der Waals surface area (Å²) in [5, 5.41) is 16.2. The van der Waals surface area contributed by atoms with Crippen molar-refractivity contribution in [1.82, 2.24) is 0 Å². The van der Waals surface area contributed by atoms with Gasteiger partial charge >= 0.3 is 5.97 Å². The van der Waals surface area contributed by atoms with Crippen LogP contribution in [-0.4, -0.2) is 38.8 Å². The van der Waals surface area contributed by atoms with Crippen LogP contribution in [0.3, 0.4) is 0 Å². The Kier molecular flexibility index (Phi) is 11.6. The van der Waals surface area contributed by atoms with Crippen molar-refractivity contribution in [2.75, 3.05) is 13.7 Å². The third kappa shape index (κ3) is 8.31. The molecule has 1 aliphatic rings. The Bertz CT molecular complexity index is 1120. The van der Waals surface area contributed by atoms with Gasteiger partial charge in [0.1, 0.15) is 12.8 Å². The predicted octanol–water partition coefficient (Wildman–Crippen LogP) is 6.51. The molecule has 0 unspecified atom stereocenters. The third-order valence-electron chi connectivity index (χ3n) is 7.87. The number of hydrogen-bond acceptors (Lipinski definition) is 4. The molecule has 0 aromatic heterocycles. The molecule has 216 valence electrons. The monoisotopic (exact) mass is 561 g/mol. The van der Waals surface area contributed by atoms with Crippen LogP contribution in [0.15, 0.2) is 65.8 Å². The van der Waals surface area contributed by atoms with Crippen LogP contribution in [0.5, 0.6) is 0 Å². The number of carboxylic acids is 1. The molecule has 1 aliphatic carbocycles. The van der Waals surface area contributed by atoms with Gasteiger partial charge < -0.3 is 14.4 Å². The molecule has 1 fully saturated rings. The van der Waals surface area contributed by atoms with Crippen LogP contribution in [0.4, 0.5) is 0 Å². The number of rotatable bonds is 13. The lowest BCUT2D eigenvalue weighted by Gasteiger charge is -2.43. The second-order valence-corrected chi connectivity index (χ2v) is 16.8. The molecule has 0 aliphatic heterocycles. The molecule has 0 amide bonds. The van der Waals surface area contributed by atoms with Crippen molar-refractivity contribution in [2.45, 2.75) is 78.2 Å². The summed E-state index contributed by atoms with van der Waals surface area (Å²) in [6, 6.07) is 21.1. The largest absolute Gasteiger partial charge is 0.481 e. The van der Waals surface area contributed by atoms with Crippen molar-refractivity contribution < 1.29 is 19.2 Å². The van der Waals surface area contributed by atoms with Gasteiger partial charge in [0.25, 0.3) is 8.32 Å². The highest BCUT2D eigenvalue weighted by Gasteiger charge is 2.50. The molecule has 1 saturated carbocycles. The molecule has 0 heterocycles. The average Bonchev–Trinajstić information content (AvgIpc) is 2.88. The molecule has 6 heteroatoms. The lowest BCUT2D eigenvalue weighted by Crippen LogP contribution is -2.66. The highest BCUT2D eigenvalue weighted by Crippen LogP contribution is 2.38. The van der Waals surface area contributed by atoms with E-state index in [2.05, 4.69) is 100 Å². The van der Waals surface area contributed by atoms with Crippen molar-refractivity contribution in [3.63, 3.8) is 0 Å². The molecule has 40 heavy (non-hydrogen) atoms. The van der Waals surface area contributed by atoms with Crippen molar-refractivity contribution in [3.05, 3.63) is 60.7 Å². The Balaban J connectivity index is 1.76. The molecule has 0 bridgehead atoms. The van der Waals surface area contributed by atoms with E-state index in [1.165, 1.54) is 23.9 Å². The zero-order valence-electron chi connectivity index (χ0n) is 25.2. The van der Waals surface area contributed by atoms with Gasteiger partial charge in [-0.15, -0.1) is 0 Å². The first-order valence-electron chi connectivity index (χ1n) is 14.7. The molecule has 0 saturated heterocycles. The zero-order valence-corrected chi connectivity index (χ0v) is 26.2. The lowest BCUT2D eigenvalue weighted by atomic mass is 9.71. The van der Waals surface area contributed by atoms with E-state index in [9.17, 15) is 9.90 Å². The van der Waals surface area contributed by atoms with Gasteiger partial charge in [0.05, 0.1) is 6.42 Å². The maximum Gasteiger partial charge on any atom is 0.304 e. The number of nitrogens with zero attached hydrogens (tertiary/aromatic N) is 1. The molecule has 0 spiro atoms. The van der Waals surface area contributed by atoms with E-state index in [1.807, 2.05) is 12.1 Å². The first-order chi connectivity index (χ1) is 19.1. The van der Waals surface area contributed by atoms with Crippen LogP contribution >= 0.6 is 0 Å². The molecule has 2 aromatic carbocycles. The lowest BCUT2D eigenvalue weighted by molar-refractivity contribution is -0.137. The number of carbonyl (C=O) groups is 1. The fourth-order valence-corrected chi connectivity index (χ4v) is 10.7. The van der Waals surface area contributed by atoms with Crippen molar-refractivity contribution >= 4 is 30.4 Å². The van der Waals surface area contributed by atoms with Crippen molar-refractivity contribution in [1.29, 1.82) is 0 Å². The number of carboxylic acid groups (broad SMARTS) is 1. The second-order valence-electron chi connectivity index (χ2n) is 12.5. The van der Waals surface area contributed by atoms with Crippen LogP contribution in [0.1, 0.15) is 73.1 Å². The zero-order chi connectivity index (χ0) is 29.2. The fraction of sp³-hybridized carbons (Fsp3) is 0.529. The topological polar surface area (TPSA) is 68.1 Å². The van der Waals surface area contributed by atoms with Gasteiger partial charge in [0.15, 0.2) is 0 Å². The summed E-state index contributed by atoms with van der Waals surface area (Å²) in [6.45, 7) is 11.8. The summed E-state index contributed by atoms with van der Waals surface area (Å²) in [4.78, 5) is 16.9. The maximum atomic E-state index is 11.8. The van der Waals surface area contributed by atoms with Crippen molar-refractivity contribution in [3.8, 4) is 11.8 Å². The van der Waals surface area contributed by atoms with Crippen molar-refractivity contribution in [2.24, 2.45) is 28.8 Å². The van der Waals surface area contributed by atoms with Gasteiger partial charge in [0, 0.05) is 18.4 Å². The van der Waals surface area contributed by atoms with Crippen LogP contribution in [0, 0.1) is 35.5 Å². The summed E-state index contributed by atoms with van der Waals surface area (Å²) >= 11 is 0. The normalized spacial score (nSPS) is 18.4. The first kappa shape index (κ1) is 31.6. The fourth-order valence-electron chi connectivity index (χ4n) is 6.05. The molecule has 2 aromatic rings. The molecule has 1 N–H and O–H groups in total. The standard InChI is InChI=1S/C34H47NO4Si/c1-26(2)22-28-23-27(24-28)19-20-32(35-38-6)29(25-33(36)37)14-13-21-39-40(34(3,4)5,30-15-9-7-10-16-30)31-17-11-8-12-18-31/h7-12,15-18,26-29H,13-14,21-25H2,1-6H3,(H,36,37)/b35-32+/t27?,28?,29-/m0/s1. The smallest absolute Gasteiger partial charge is 0.304 e. The predicted molar refractivity (Wildman–Crippen MR) is 166 cm³/mol. The van der Waals surface area contributed by atoms with E-state index in [4.69, 9.17) is 9.26 Å². The highest BCUT2D eigenvalue weighted by atomic mass is 28.4. The first-order valence-corrected chi connectivity index (χ1v) is 16.6. The number of benzene rings is 2. The number of aliphatic carboxylic acids is 1. The van der Waals surface area contributed by atoms with Crippen LogP contribution < -0.4 is 10.4 Å². The summed E-state index contributed by atoms with van der Waals surface area (Å²) in [6.07, 6.45) is 4.75. The Hall–Kier alpha value is -2.88. The van der Waals surface area contributed by atoms with Gasteiger partial charge in [-0.1, -0.05) is 106 Å². The Morgan fingerprint density at radius 2 is 1.62 bits per heavy atom. The minimum absolute atomic E-state index is 0.0310. The quantitative estimate of drug-likeness (QED) is 0.0995. The van der Waals surface area contributed by atoms with Gasteiger partial charge in [-0.3, -0.25) is 4.79 Å². The SMILES string of the molecule is CO/N=C(\C#CC1CC(CC(C)C)C1)[C@@H](CCCO[Si](c1ccccc1)(c1ccccc1)C(C)(C)C)CC(=O)O. The minimum atomic E-state index is -2.64. The Morgan fingerprint density at radius 3 is 2.10 bits per heavy atom. The Labute approximate surface area is 242 Å². The van der Waals surface area contributed by atoms with Crippen LogP contribution in [-0.2, 0) is 14.1 Å². The van der Waals surface area contributed by atoms with E-state index < -0.39 is 14.3 Å². The van der Waals surface area contributed by atoms with E-state index >= 15 is 0 Å². The van der Waals surface area contributed by atoms with Crippen LogP contribution in [0.25, 0.3) is 0 Å². The van der Waals surface area contributed by atoms with Gasteiger partial charge in [-0.2, -0.15) is 0 Å². The average molecular weight is 562 g/mol. The molecule has 1 atom stereocenters. The van der Waals surface area contributed by atoms with Gasteiger partial charge in [0.2, 0.25) is 0 Å². The summed E-state index contributed by atoms with van der Waals surface area (Å²) in [7, 11) is -1.15. The molecular weight excluding hydrogens is 514 g/mol. The van der Waals surface area contributed by atoms with E-state index in [-0.39, 0.29) is 17.4 Å². The Morgan fingerprint density at radius 1 is 1.05 bits per heavy atom. The van der Waals surface area contributed by atoms with E-state index in [1.54, 1.807) is 0 Å². The number of hydrogen-bond donors (Lipinski definition) is 1. The molecule has 3 rings (SSSR count). The summed E-state index contributed by atoms with van der Waals surface area (Å²) in [5.41, 5.74) is 0.530. The molecule has 5 nitrogen and oxygen atoms in total. The second kappa shape index (κ2) is 14.7. The van der Waals surface area contributed by atoms with E-state index in [0.29, 0.717) is 37.0 Å². The highest BCUT2D eigenvalue weighted by molar-refractivity contribution is 6.99. The van der Waals surface area contributed by atoms with Crippen LogP contribution in [0.2, 0.25) is 5.04 Å². The van der Waals surface area contributed by atoms with E-state index in [0.717, 1.165) is 18.8 Å². The van der Waals surface area contributed by atoms with Gasteiger partial charge in [-0.05, 0) is 65.3 Å². The molecular formula is C34H47NO4Si. The third-order valence-corrected chi connectivity index (χ3v) is 12.9. The summed E-state index contributed by atoms with van der Waals surface area (Å²) < 4.78 is 7.01. The maximum absolute atomic E-state index is 11.8. The minimum Gasteiger partial charge on any atom is -0.481 e. The number of oxime groups is 1. The molecule has 0 radical (unpaired) electrons. The summed E-state index contributed by atoms with van der Waals surface area (Å²) in [5.74, 6) is 7.20.